The summed E-state index contributed by atoms with van der Waals surface area (Å²) < 4.78 is 5.22. The van der Waals surface area contributed by atoms with Crippen molar-refractivity contribution in [3.05, 3.63) is 71.8 Å². The average molecular weight is 361 g/mol. The van der Waals surface area contributed by atoms with Crippen LogP contribution in [0.3, 0.4) is 0 Å². The summed E-state index contributed by atoms with van der Waals surface area (Å²) in [5.74, 6) is -0.283. The van der Waals surface area contributed by atoms with Crippen LogP contribution < -0.4 is 9.64 Å². The third kappa shape index (κ3) is 2.67. The molecule has 0 aromatic heterocycles. The van der Waals surface area contributed by atoms with Gasteiger partial charge in [0.15, 0.2) is 11.4 Å². The van der Waals surface area contributed by atoms with Crippen LogP contribution in [0.1, 0.15) is 22.3 Å². The highest BCUT2D eigenvalue weighted by Gasteiger charge is 2.50. The van der Waals surface area contributed by atoms with Crippen molar-refractivity contribution in [2.45, 2.75) is 12.0 Å². The molecule has 27 heavy (non-hydrogen) atoms. The SMILES string of the molecule is COc1ccc2c(c1)C(O)(CC(=O)c1ccc3ccccc3c1)C(=O)N2C. The molecule has 3 aromatic carbocycles. The van der Waals surface area contributed by atoms with Gasteiger partial charge in [0.05, 0.1) is 19.2 Å². The topological polar surface area (TPSA) is 66.8 Å². The first-order chi connectivity index (χ1) is 12.9. The Bertz CT molecular complexity index is 1070. The number of carbonyl (C=O) groups excluding carboxylic acids is 2. The Morgan fingerprint density at radius 3 is 2.56 bits per heavy atom. The van der Waals surface area contributed by atoms with Crippen molar-refractivity contribution < 1.29 is 19.4 Å². The molecule has 0 saturated heterocycles. The van der Waals surface area contributed by atoms with E-state index >= 15 is 0 Å². The molecular weight excluding hydrogens is 342 g/mol. The van der Waals surface area contributed by atoms with Crippen LogP contribution >= 0.6 is 0 Å². The lowest BCUT2D eigenvalue weighted by molar-refractivity contribution is -0.135. The first-order valence-electron chi connectivity index (χ1n) is 8.65. The van der Waals surface area contributed by atoms with Crippen LogP contribution in [0.4, 0.5) is 5.69 Å². The van der Waals surface area contributed by atoms with E-state index in [4.69, 9.17) is 4.74 Å². The lowest BCUT2D eigenvalue weighted by atomic mass is 9.87. The van der Waals surface area contributed by atoms with Crippen molar-refractivity contribution in [2.75, 3.05) is 19.1 Å². The normalized spacial score (nSPS) is 18.6. The summed E-state index contributed by atoms with van der Waals surface area (Å²) in [5.41, 5.74) is -0.464. The van der Waals surface area contributed by atoms with Crippen molar-refractivity contribution in [3.8, 4) is 5.75 Å². The van der Waals surface area contributed by atoms with Gasteiger partial charge in [-0.2, -0.15) is 0 Å². The van der Waals surface area contributed by atoms with Gasteiger partial charge in [0.25, 0.3) is 5.91 Å². The molecule has 1 atom stereocenters. The average Bonchev–Trinajstić information content (AvgIpc) is 2.88. The molecule has 5 heteroatoms. The highest BCUT2D eigenvalue weighted by molar-refractivity contribution is 6.11. The highest BCUT2D eigenvalue weighted by atomic mass is 16.5. The second kappa shape index (κ2) is 6.21. The Labute approximate surface area is 156 Å². The minimum absolute atomic E-state index is 0.291. The Kier molecular flexibility index (Phi) is 3.97. The van der Waals surface area contributed by atoms with Gasteiger partial charge in [0.2, 0.25) is 0 Å². The fraction of sp³-hybridized carbons (Fsp3) is 0.182. The van der Waals surface area contributed by atoms with Gasteiger partial charge in [-0.05, 0) is 35.0 Å². The Balaban J connectivity index is 1.72. The van der Waals surface area contributed by atoms with Gasteiger partial charge in [-0.25, -0.2) is 0 Å². The predicted octanol–water partition coefficient (Wildman–Crippen LogP) is 3.29. The maximum atomic E-state index is 12.9. The first-order valence-corrected chi connectivity index (χ1v) is 8.65. The molecule has 1 unspecified atom stereocenters. The van der Waals surface area contributed by atoms with Crippen LogP contribution in [-0.4, -0.2) is 31.0 Å². The number of likely N-dealkylation sites (N-methyl/N-ethyl adjacent to an activating group) is 1. The smallest absolute Gasteiger partial charge is 0.263 e. The zero-order valence-electron chi connectivity index (χ0n) is 15.1. The zero-order chi connectivity index (χ0) is 19.2. The summed E-state index contributed by atoms with van der Waals surface area (Å²) in [6, 6.07) is 18.2. The molecule has 0 bridgehead atoms. The molecule has 5 nitrogen and oxygen atoms in total. The molecule has 0 saturated carbocycles. The van der Waals surface area contributed by atoms with Crippen molar-refractivity contribution in [3.63, 3.8) is 0 Å². The third-order valence-electron chi connectivity index (χ3n) is 5.16. The van der Waals surface area contributed by atoms with E-state index in [-0.39, 0.29) is 12.2 Å². The Morgan fingerprint density at radius 1 is 1.07 bits per heavy atom. The summed E-state index contributed by atoms with van der Waals surface area (Å²) in [6.45, 7) is 0. The second-order valence-electron chi connectivity index (χ2n) is 6.77. The van der Waals surface area contributed by atoms with Crippen molar-refractivity contribution in [2.24, 2.45) is 0 Å². The van der Waals surface area contributed by atoms with Crippen LogP contribution in [0, 0.1) is 0 Å². The first kappa shape index (κ1) is 17.2. The molecule has 3 aromatic rings. The van der Waals surface area contributed by atoms with Crippen LogP contribution in [0.25, 0.3) is 10.8 Å². The monoisotopic (exact) mass is 361 g/mol. The number of methoxy groups -OCH3 is 1. The van der Waals surface area contributed by atoms with Gasteiger partial charge in [-0.1, -0.05) is 36.4 Å². The number of rotatable bonds is 4. The van der Waals surface area contributed by atoms with Crippen LogP contribution in [0.15, 0.2) is 60.7 Å². The minimum Gasteiger partial charge on any atom is -0.497 e. The number of benzene rings is 3. The van der Waals surface area contributed by atoms with Gasteiger partial charge in [-0.15, -0.1) is 0 Å². The number of carbonyl (C=O) groups is 2. The number of ether oxygens (including phenoxy) is 1. The molecule has 1 aliphatic rings. The highest BCUT2D eigenvalue weighted by Crippen LogP contribution is 2.43. The maximum absolute atomic E-state index is 12.9. The molecule has 0 fully saturated rings. The van der Waals surface area contributed by atoms with Gasteiger partial charge in [0, 0.05) is 18.2 Å². The number of hydrogen-bond acceptors (Lipinski definition) is 4. The molecule has 0 radical (unpaired) electrons. The summed E-state index contributed by atoms with van der Waals surface area (Å²) >= 11 is 0. The number of aliphatic hydroxyl groups is 1. The minimum atomic E-state index is -1.90. The quantitative estimate of drug-likeness (QED) is 0.724. The molecule has 0 aliphatic carbocycles. The Morgan fingerprint density at radius 2 is 1.81 bits per heavy atom. The fourth-order valence-electron chi connectivity index (χ4n) is 3.64. The number of nitrogens with zero attached hydrogens (tertiary/aromatic N) is 1. The lowest BCUT2D eigenvalue weighted by Gasteiger charge is -2.21. The fourth-order valence-corrected chi connectivity index (χ4v) is 3.64. The van der Waals surface area contributed by atoms with Crippen LogP contribution in [0.5, 0.6) is 5.75 Å². The van der Waals surface area contributed by atoms with Gasteiger partial charge in [0.1, 0.15) is 5.75 Å². The van der Waals surface area contributed by atoms with Gasteiger partial charge in [-0.3, -0.25) is 9.59 Å². The molecule has 1 heterocycles. The summed E-state index contributed by atoms with van der Waals surface area (Å²) in [4.78, 5) is 27.0. The summed E-state index contributed by atoms with van der Waals surface area (Å²) in [6.07, 6.45) is -0.325. The molecule has 4 rings (SSSR count). The molecule has 1 aliphatic heterocycles. The number of fused-ring (bicyclic) bond motifs is 2. The van der Waals surface area contributed by atoms with E-state index in [1.54, 1.807) is 37.4 Å². The summed E-state index contributed by atoms with van der Waals surface area (Å²) in [7, 11) is 3.10. The molecule has 1 amide bonds. The van der Waals surface area contributed by atoms with Crippen LogP contribution in [-0.2, 0) is 10.4 Å². The number of hydrogen-bond donors (Lipinski definition) is 1. The van der Waals surface area contributed by atoms with E-state index in [1.165, 1.54) is 12.0 Å². The number of amides is 1. The van der Waals surface area contributed by atoms with E-state index in [2.05, 4.69) is 0 Å². The zero-order valence-corrected chi connectivity index (χ0v) is 15.1. The molecule has 0 spiro atoms. The van der Waals surface area contributed by atoms with Crippen molar-refractivity contribution in [1.29, 1.82) is 0 Å². The largest absolute Gasteiger partial charge is 0.497 e. The number of anilines is 1. The standard InChI is InChI=1S/C22H19NO4/c1-23-19-10-9-17(27-2)12-18(19)22(26,21(23)25)13-20(24)16-8-7-14-5-3-4-6-15(14)11-16/h3-12,26H,13H2,1-2H3. The van der Waals surface area contributed by atoms with E-state index < -0.39 is 11.5 Å². The van der Waals surface area contributed by atoms with E-state index in [9.17, 15) is 14.7 Å². The maximum Gasteiger partial charge on any atom is 0.263 e. The number of ketones is 1. The molecule has 1 N–H and O–H groups in total. The molecular formula is C22H19NO4. The molecule has 136 valence electrons. The van der Waals surface area contributed by atoms with Crippen molar-refractivity contribution in [1.82, 2.24) is 0 Å². The number of Topliss-reactive ketones (excluding diaryl/α,β-unsaturated/α-hetero) is 1. The van der Waals surface area contributed by atoms with Crippen LogP contribution in [0.2, 0.25) is 0 Å². The van der Waals surface area contributed by atoms with Gasteiger partial charge >= 0.3 is 0 Å². The third-order valence-corrected chi connectivity index (χ3v) is 5.16. The summed E-state index contributed by atoms with van der Waals surface area (Å²) in [5, 5.41) is 13.1. The predicted molar refractivity (Wildman–Crippen MR) is 103 cm³/mol. The van der Waals surface area contributed by atoms with E-state index in [0.717, 1.165) is 10.8 Å². The Hall–Kier alpha value is -3.18. The second-order valence-corrected chi connectivity index (χ2v) is 6.77. The van der Waals surface area contributed by atoms with Gasteiger partial charge < -0.3 is 14.7 Å². The van der Waals surface area contributed by atoms with E-state index in [1.807, 2.05) is 30.3 Å². The van der Waals surface area contributed by atoms with Crippen molar-refractivity contribution >= 4 is 28.2 Å². The van der Waals surface area contributed by atoms with E-state index in [0.29, 0.717) is 22.6 Å². The lowest BCUT2D eigenvalue weighted by Crippen LogP contribution is -2.40.